The lowest BCUT2D eigenvalue weighted by Crippen LogP contribution is -2.39. The van der Waals surface area contributed by atoms with E-state index in [4.69, 9.17) is 14.2 Å². The van der Waals surface area contributed by atoms with Crippen molar-refractivity contribution in [3.63, 3.8) is 0 Å². The molecule has 12 nitrogen and oxygen atoms in total. The zero-order valence-corrected chi connectivity index (χ0v) is 29.0. The number of aliphatic hydroxyl groups excluding tert-OH is 1. The fraction of sp³-hybridized carbons (Fsp3) is 0.300. The molecule has 12 heteroatoms. The van der Waals surface area contributed by atoms with E-state index in [1.165, 1.54) is 24.3 Å². The third-order valence-electron chi connectivity index (χ3n) is 9.24. The SMILES string of the molecule is CC(C)(O)C1Cc2c(ccc3c2O[C@H](c2ccc(O)cc2O)CC3=O)O1.CC(C)=CCc1cc(C2Oc3cc(O)cc(O)c3C(=O)C2O)ccc1O. The molecule has 7 N–H and O–H groups in total. The monoisotopic (exact) mass is 712 g/mol. The van der Waals surface area contributed by atoms with Gasteiger partial charge in [0, 0.05) is 35.7 Å². The predicted molar refractivity (Wildman–Crippen MR) is 188 cm³/mol. The van der Waals surface area contributed by atoms with Crippen molar-refractivity contribution >= 4 is 11.6 Å². The highest BCUT2D eigenvalue weighted by atomic mass is 16.5. The second-order valence-corrected chi connectivity index (χ2v) is 13.9. The van der Waals surface area contributed by atoms with Gasteiger partial charge in [-0.15, -0.1) is 0 Å². The van der Waals surface area contributed by atoms with E-state index < -0.39 is 41.5 Å². The van der Waals surface area contributed by atoms with Crippen LogP contribution in [0, 0.1) is 0 Å². The number of Topliss-reactive ketones (excluding diaryl/α,β-unsaturated/α-hetero) is 2. The van der Waals surface area contributed by atoms with Crippen LogP contribution in [-0.4, -0.2) is 65.1 Å². The van der Waals surface area contributed by atoms with Gasteiger partial charge in [-0.1, -0.05) is 17.7 Å². The van der Waals surface area contributed by atoms with Gasteiger partial charge >= 0.3 is 0 Å². The van der Waals surface area contributed by atoms with Gasteiger partial charge in [0.05, 0.1) is 17.6 Å². The molecule has 0 saturated heterocycles. The molecule has 0 spiro atoms. The Hall–Kier alpha value is -5.72. The summed E-state index contributed by atoms with van der Waals surface area (Å²) in [7, 11) is 0. The number of hydrogen-bond acceptors (Lipinski definition) is 12. The van der Waals surface area contributed by atoms with Crippen LogP contribution in [0.25, 0.3) is 0 Å². The van der Waals surface area contributed by atoms with E-state index in [1.807, 2.05) is 19.9 Å². The van der Waals surface area contributed by atoms with Crippen LogP contribution in [0.3, 0.4) is 0 Å². The van der Waals surface area contributed by atoms with E-state index in [1.54, 1.807) is 44.2 Å². The second-order valence-electron chi connectivity index (χ2n) is 13.9. The average Bonchev–Trinajstić information content (AvgIpc) is 3.52. The first kappa shape index (κ1) is 36.1. The summed E-state index contributed by atoms with van der Waals surface area (Å²) >= 11 is 0. The molecule has 0 amide bonds. The molecule has 3 aliphatic rings. The Morgan fingerprint density at radius 3 is 2.23 bits per heavy atom. The fourth-order valence-electron chi connectivity index (χ4n) is 6.41. The van der Waals surface area contributed by atoms with E-state index in [0.717, 1.165) is 17.2 Å². The Labute approximate surface area is 299 Å². The Morgan fingerprint density at radius 1 is 0.808 bits per heavy atom. The van der Waals surface area contributed by atoms with Gasteiger partial charge in [0.25, 0.3) is 0 Å². The molecule has 0 fully saturated rings. The van der Waals surface area contributed by atoms with Crippen LogP contribution >= 0.6 is 0 Å². The Balaban J connectivity index is 0.000000179. The number of ketones is 2. The maximum absolute atomic E-state index is 12.6. The zero-order chi connectivity index (χ0) is 37.6. The normalized spacial score (nSPS) is 20.2. The Kier molecular flexibility index (Phi) is 9.56. The maximum Gasteiger partial charge on any atom is 0.202 e. The highest BCUT2D eigenvalue weighted by Gasteiger charge is 2.41. The molecule has 7 rings (SSSR count). The van der Waals surface area contributed by atoms with Gasteiger partial charge in [0.15, 0.2) is 18.0 Å². The van der Waals surface area contributed by atoms with Crippen LogP contribution < -0.4 is 14.2 Å². The largest absolute Gasteiger partial charge is 0.508 e. The molecule has 52 heavy (non-hydrogen) atoms. The van der Waals surface area contributed by atoms with Gasteiger partial charge in [0.2, 0.25) is 5.78 Å². The number of phenols is 5. The van der Waals surface area contributed by atoms with Crippen molar-refractivity contribution in [1.82, 2.24) is 0 Å². The van der Waals surface area contributed by atoms with Crippen LogP contribution in [0.15, 0.2) is 72.3 Å². The van der Waals surface area contributed by atoms with Gasteiger partial charge in [-0.2, -0.15) is 0 Å². The summed E-state index contributed by atoms with van der Waals surface area (Å²) in [5.41, 5.74) is 2.74. The minimum atomic E-state index is -1.52. The number of hydrogen-bond donors (Lipinski definition) is 7. The number of allylic oxidation sites excluding steroid dienone is 2. The van der Waals surface area contributed by atoms with E-state index in [2.05, 4.69) is 0 Å². The third kappa shape index (κ3) is 7.07. The topological polar surface area (TPSA) is 203 Å². The lowest BCUT2D eigenvalue weighted by molar-refractivity contribution is -0.0230. The highest BCUT2D eigenvalue weighted by molar-refractivity contribution is 6.05. The average molecular weight is 713 g/mol. The second kappa shape index (κ2) is 13.8. The number of ether oxygens (including phenoxy) is 3. The molecule has 3 unspecified atom stereocenters. The summed E-state index contributed by atoms with van der Waals surface area (Å²) in [5.74, 6) is -0.495. The van der Waals surface area contributed by atoms with Crippen molar-refractivity contribution in [2.45, 2.75) is 77.0 Å². The lowest BCUT2D eigenvalue weighted by Gasteiger charge is -2.30. The molecular weight excluding hydrogens is 672 g/mol. The summed E-state index contributed by atoms with van der Waals surface area (Å²) in [6.45, 7) is 7.26. The molecule has 272 valence electrons. The third-order valence-corrected chi connectivity index (χ3v) is 9.24. The number of carbonyl (C=O) groups excluding carboxylic acids is 2. The summed E-state index contributed by atoms with van der Waals surface area (Å²) in [5, 5.41) is 69.7. The minimum Gasteiger partial charge on any atom is -0.508 e. The zero-order valence-electron chi connectivity index (χ0n) is 29.0. The van der Waals surface area contributed by atoms with Crippen molar-refractivity contribution in [2.75, 3.05) is 0 Å². The molecular formula is C40H40O12. The van der Waals surface area contributed by atoms with Gasteiger partial charge in [-0.05, 0) is 81.6 Å². The number of aliphatic hydroxyl groups is 2. The molecule has 0 radical (unpaired) electrons. The molecule has 3 heterocycles. The molecule has 0 saturated carbocycles. The lowest BCUT2D eigenvalue weighted by atomic mass is 9.91. The molecule has 4 aromatic carbocycles. The first-order valence-corrected chi connectivity index (χ1v) is 16.7. The minimum absolute atomic E-state index is 0.00160. The summed E-state index contributed by atoms with van der Waals surface area (Å²) in [4.78, 5) is 25.1. The molecule has 4 atom stereocenters. The number of fused-ring (bicyclic) bond motifs is 4. The van der Waals surface area contributed by atoms with Crippen molar-refractivity contribution in [2.24, 2.45) is 0 Å². The van der Waals surface area contributed by atoms with Gasteiger partial charge in [-0.25, -0.2) is 0 Å². The quantitative estimate of drug-likeness (QED) is 0.122. The van der Waals surface area contributed by atoms with Crippen molar-refractivity contribution < 1.29 is 59.5 Å². The van der Waals surface area contributed by atoms with Crippen molar-refractivity contribution in [3.8, 4) is 46.0 Å². The van der Waals surface area contributed by atoms with Crippen LogP contribution in [-0.2, 0) is 12.8 Å². The number of rotatable bonds is 5. The molecule has 3 aliphatic heterocycles. The predicted octanol–water partition coefficient (Wildman–Crippen LogP) is 5.87. The summed E-state index contributed by atoms with van der Waals surface area (Å²) < 4.78 is 17.6. The Bertz CT molecular complexity index is 2090. The number of phenolic OH excluding ortho intramolecular Hbond substituents is 5. The van der Waals surface area contributed by atoms with Gasteiger partial charge < -0.3 is 50.0 Å². The van der Waals surface area contributed by atoms with Crippen LogP contribution in [0.4, 0.5) is 0 Å². The van der Waals surface area contributed by atoms with Crippen LogP contribution in [0.5, 0.6) is 46.0 Å². The van der Waals surface area contributed by atoms with Crippen LogP contribution in [0.2, 0.25) is 0 Å². The fourth-order valence-corrected chi connectivity index (χ4v) is 6.41. The number of aromatic hydroxyl groups is 5. The van der Waals surface area contributed by atoms with Crippen molar-refractivity contribution in [3.05, 3.63) is 106 Å². The van der Waals surface area contributed by atoms with E-state index in [-0.39, 0.29) is 46.5 Å². The first-order chi connectivity index (χ1) is 24.5. The molecule has 0 aromatic heterocycles. The Morgan fingerprint density at radius 2 is 1.54 bits per heavy atom. The molecule has 0 bridgehead atoms. The van der Waals surface area contributed by atoms with E-state index in [0.29, 0.717) is 46.6 Å². The molecule has 4 aromatic rings. The van der Waals surface area contributed by atoms with E-state index >= 15 is 0 Å². The van der Waals surface area contributed by atoms with Crippen LogP contribution in [0.1, 0.15) is 89.3 Å². The highest BCUT2D eigenvalue weighted by Crippen LogP contribution is 2.47. The summed E-state index contributed by atoms with van der Waals surface area (Å²) in [6.07, 6.45) is -0.622. The summed E-state index contributed by atoms with van der Waals surface area (Å²) in [6, 6.07) is 14.6. The van der Waals surface area contributed by atoms with Gasteiger partial charge in [-0.3, -0.25) is 9.59 Å². The van der Waals surface area contributed by atoms with Gasteiger partial charge in [0.1, 0.15) is 63.8 Å². The maximum atomic E-state index is 12.6. The smallest absolute Gasteiger partial charge is 0.202 e. The van der Waals surface area contributed by atoms with Crippen molar-refractivity contribution in [1.29, 1.82) is 0 Å². The molecule has 0 aliphatic carbocycles. The standard InChI is InChI=1S/2C20H20O6/c1-20(2,24)18-8-13-16(25-18)6-5-12-15(23)9-17(26-19(12)13)11-4-3-10(21)7-14(11)22;1-10(2)3-4-11-7-12(5-6-14(11)22)20-19(25)18(24)17-15(23)8-13(21)9-16(17)26-20/h3-7,17-18,21-22,24H,8-9H2,1-2H3;3,5-9,19-23,25H,4H2,1-2H3/t17-,18?;/m0./s1. The van der Waals surface area contributed by atoms with E-state index in [9.17, 15) is 45.3 Å². The first-order valence-electron chi connectivity index (χ1n) is 16.7. The number of benzene rings is 4. The number of carbonyl (C=O) groups is 2.